The summed E-state index contributed by atoms with van der Waals surface area (Å²) < 4.78 is 30.9. The second kappa shape index (κ2) is 7.38. The smallest absolute Gasteiger partial charge is 0.322 e. The first-order chi connectivity index (χ1) is 9.27. The molecule has 0 saturated carbocycles. The molecular formula is C13H25NO5S. The van der Waals surface area contributed by atoms with Crippen molar-refractivity contribution < 1.29 is 23.1 Å². The van der Waals surface area contributed by atoms with Crippen molar-refractivity contribution in [2.75, 3.05) is 18.9 Å². The Morgan fingerprint density at radius 2 is 2.10 bits per heavy atom. The molecule has 0 radical (unpaired) electrons. The molecule has 1 aliphatic rings. The highest BCUT2D eigenvalue weighted by Crippen LogP contribution is 2.27. The molecule has 0 aromatic heterocycles. The summed E-state index contributed by atoms with van der Waals surface area (Å²) in [5, 5.41) is 9.26. The molecule has 1 heterocycles. The quantitative estimate of drug-likeness (QED) is 0.767. The van der Waals surface area contributed by atoms with Gasteiger partial charge in [0.1, 0.15) is 6.04 Å². The molecule has 6 nitrogen and oxygen atoms in total. The lowest BCUT2D eigenvalue weighted by Gasteiger charge is -2.35. The minimum atomic E-state index is -3.58. The van der Waals surface area contributed by atoms with Crippen molar-refractivity contribution in [3.05, 3.63) is 0 Å². The lowest BCUT2D eigenvalue weighted by Crippen LogP contribution is -2.51. The van der Waals surface area contributed by atoms with Crippen LogP contribution in [0.25, 0.3) is 0 Å². The van der Waals surface area contributed by atoms with Gasteiger partial charge in [-0.05, 0) is 32.6 Å². The van der Waals surface area contributed by atoms with Crippen LogP contribution < -0.4 is 0 Å². The van der Waals surface area contributed by atoms with Crippen molar-refractivity contribution >= 4 is 16.0 Å². The van der Waals surface area contributed by atoms with Crippen LogP contribution in [0.5, 0.6) is 0 Å². The highest BCUT2D eigenvalue weighted by Gasteiger charge is 2.39. The highest BCUT2D eigenvalue weighted by atomic mass is 32.2. The zero-order chi connectivity index (χ0) is 15.3. The average molecular weight is 307 g/mol. The Labute approximate surface area is 121 Å². The molecule has 1 aliphatic heterocycles. The maximum atomic E-state index is 12.3. The van der Waals surface area contributed by atoms with E-state index in [1.807, 2.05) is 20.8 Å². The van der Waals surface area contributed by atoms with E-state index in [1.54, 1.807) is 0 Å². The Morgan fingerprint density at radius 3 is 2.60 bits per heavy atom. The number of hydrogen-bond donors (Lipinski definition) is 1. The first-order valence-corrected chi connectivity index (χ1v) is 8.72. The lowest BCUT2D eigenvalue weighted by atomic mass is 9.90. The maximum absolute atomic E-state index is 12.3. The molecule has 0 bridgehead atoms. The van der Waals surface area contributed by atoms with E-state index in [9.17, 15) is 18.3 Å². The minimum Gasteiger partial charge on any atom is -0.480 e. The Kier molecular flexibility index (Phi) is 6.42. The Balaban J connectivity index is 2.73. The summed E-state index contributed by atoms with van der Waals surface area (Å²) in [5.41, 5.74) is 0. The predicted molar refractivity (Wildman–Crippen MR) is 76.0 cm³/mol. The van der Waals surface area contributed by atoms with Crippen LogP contribution in [-0.4, -0.2) is 54.8 Å². The first kappa shape index (κ1) is 17.4. The van der Waals surface area contributed by atoms with E-state index in [4.69, 9.17) is 4.74 Å². The molecule has 20 heavy (non-hydrogen) atoms. The van der Waals surface area contributed by atoms with Crippen LogP contribution in [0.1, 0.15) is 40.0 Å². The molecule has 0 aromatic carbocycles. The zero-order valence-corrected chi connectivity index (χ0v) is 13.2. The van der Waals surface area contributed by atoms with Crippen LogP contribution in [0.15, 0.2) is 0 Å². The number of hydrogen-bond acceptors (Lipinski definition) is 4. The number of aliphatic carboxylic acids is 1. The second-order valence-corrected chi connectivity index (χ2v) is 7.54. The molecule has 118 valence electrons. The first-order valence-electron chi connectivity index (χ1n) is 7.11. The number of carbonyl (C=O) groups is 1. The predicted octanol–water partition coefficient (Wildman–Crippen LogP) is 1.32. The Bertz CT molecular complexity index is 420. The number of carboxylic acids is 1. The summed E-state index contributed by atoms with van der Waals surface area (Å²) in [4.78, 5) is 11.3. The van der Waals surface area contributed by atoms with Gasteiger partial charge in [0, 0.05) is 6.54 Å². The Hall–Kier alpha value is -0.660. The number of rotatable bonds is 7. The van der Waals surface area contributed by atoms with Gasteiger partial charge in [0.2, 0.25) is 10.0 Å². The Morgan fingerprint density at radius 1 is 1.45 bits per heavy atom. The van der Waals surface area contributed by atoms with Crippen molar-refractivity contribution in [2.45, 2.75) is 52.2 Å². The molecule has 1 fully saturated rings. The summed E-state index contributed by atoms with van der Waals surface area (Å²) in [7, 11) is -3.58. The van der Waals surface area contributed by atoms with Gasteiger partial charge in [0.05, 0.1) is 18.5 Å². The van der Waals surface area contributed by atoms with Crippen LogP contribution >= 0.6 is 0 Å². The van der Waals surface area contributed by atoms with Crippen LogP contribution in [-0.2, 0) is 19.6 Å². The summed E-state index contributed by atoms with van der Waals surface area (Å²) in [5.74, 6) is -0.933. The fourth-order valence-corrected chi connectivity index (χ4v) is 3.94. The number of carboxylic acid groups (broad SMARTS) is 1. The van der Waals surface area contributed by atoms with Crippen LogP contribution in [0.4, 0.5) is 0 Å². The third-order valence-electron chi connectivity index (χ3n) is 3.67. The van der Waals surface area contributed by atoms with E-state index in [2.05, 4.69) is 0 Å². The molecular weight excluding hydrogens is 282 g/mol. The molecule has 0 amide bonds. The standard InChI is InChI=1S/C13H25NO5S/c1-4-11-5-6-14(12(9-11)13(15)16)20(17,18)8-7-19-10(2)3/h10-12H,4-9H2,1-3H3,(H,15,16). The molecule has 0 aromatic rings. The van der Waals surface area contributed by atoms with Gasteiger partial charge in [-0.3, -0.25) is 4.79 Å². The van der Waals surface area contributed by atoms with E-state index in [-0.39, 0.29) is 24.4 Å². The van der Waals surface area contributed by atoms with E-state index in [0.29, 0.717) is 13.0 Å². The van der Waals surface area contributed by atoms with Gasteiger partial charge in [0.25, 0.3) is 0 Å². The van der Waals surface area contributed by atoms with Gasteiger partial charge in [-0.1, -0.05) is 13.3 Å². The summed E-state index contributed by atoms with van der Waals surface area (Å²) in [6, 6.07) is -0.933. The normalized spacial score (nSPS) is 25.0. The van der Waals surface area contributed by atoms with Crippen LogP contribution in [0, 0.1) is 5.92 Å². The highest BCUT2D eigenvalue weighted by molar-refractivity contribution is 7.89. The molecule has 0 spiro atoms. The molecule has 1 N–H and O–H groups in total. The van der Waals surface area contributed by atoms with Gasteiger partial charge in [-0.15, -0.1) is 0 Å². The van der Waals surface area contributed by atoms with Gasteiger partial charge >= 0.3 is 5.97 Å². The molecule has 7 heteroatoms. The van der Waals surface area contributed by atoms with Gasteiger partial charge in [-0.25, -0.2) is 8.42 Å². The fraction of sp³-hybridized carbons (Fsp3) is 0.923. The van der Waals surface area contributed by atoms with E-state index in [0.717, 1.165) is 17.1 Å². The largest absolute Gasteiger partial charge is 0.480 e. The number of nitrogens with zero attached hydrogens (tertiary/aromatic N) is 1. The van der Waals surface area contributed by atoms with Crippen molar-refractivity contribution in [2.24, 2.45) is 5.92 Å². The molecule has 1 saturated heterocycles. The molecule has 1 rings (SSSR count). The SMILES string of the molecule is CCC1CCN(S(=O)(=O)CCOC(C)C)C(C(=O)O)C1. The number of sulfonamides is 1. The summed E-state index contributed by atoms with van der Waals surface area (Å²) >= 11 is 0. The van der Waals surface area contributed by atoms with Crippen molar-refractivity contribution in [1.29, 1.82) is 0 Å². The average Bonchev–Trinajstić information content (AvgIpc) is 2.37. The maximum Gasteiger partial charge on any atom is 0.322 e. The fourth-order valence-electron chi connectivity index (χ4n) is 2.45. The second-order valence-electron chi connectivity index (χ2n) is 5.50. The lowest BCUT2D eigenvalue weighted by molar-refractivity contribution is -0.143. The van der Waals surface area contributed by atoms with Gasteiger partial charge < -0.3 is 9.84 Å². The molecule has 0 aliphatic carbocycles. The number of piperidine rings is 1. The third kappa shape index (κ3) is 4.71. The van der Waals surface area contributed by atoms with Crippen molar-refractivity contribution in [1.82, 2.24) is 4.31 Å². The van der Waals surface area contributed by atoms with Crippen molar-refractivity contribution in [3.8, 4) is 0 Å². The topological polar surface area (TPSA) is 83.9 Å². The minimum absolute atomic E-state index is 0.0358. The molecule has 2 unspecified atom stereocenters. The van der Waals surface area contributed by atoms with Crippen LogP contribution in [0.3, 0.4) is 0 Å². The summed E-state index contributed by atoms with van der Waals surface area (Å²) in [6.45, 7) is 6.06. The molecule has 2 atom stereocenters. The monoisotopic (exact) mass is 307 g/mol. The van der Waals surface area contributed by atoms with Gasteiger partial charge in [0.15, 0.2) is 0 Å². The third-order valence-corrected chi connectivity index (χ3v) is 5.51. The van der Waals surface area contributed by atoms with Crippen LogP contribution in [0.2, 0.25) is 0 Å². The zero-order valence-electron chi connectivity index (χ0n) is 12.4. The van der Waals surface area contributed by atoms with E-state index >= 15 is 0 Å². The number of ether oxygens (including phenoxy) is 1. The van der Waals surface area contributed by atoms with Crippen molar-refractivity contribution in [3.63, 3.8) is 0 Å². The summed E-state index contributed by atoms with van der Waals surface area (Å²) in [6.07, 6.45) is 1.97. The van der Waals surface area contributed by atoms with E-state index in [1.165, 1.54) is 0 Å². The van der Waals surface area contributed by atoms with Gasteiger partial charge in [-0.2, -0.15) is 4.31 Å². The van der Waals surface area contributed by atoms with E-state index < -0.39 is 22.0 Å².